The molecule has 1 saturated heterocycles. The number of carbonyl (C=O) groups is 1. The van der Waals surface area contributed by atoms with E-state index in [2.05, 4.69) is 5.32 Å². The van der Waals surface area contributed by atoms with Crippen LogP contribution in [0, 0.1) is 11.3 Å². The van der Waals surface area contributed by atoms with Crippen LogP contribution in [0.15, 0.2) is 0 Å². The first-order valence-electron chi connectivity index (χ1n) is 5.93. The van der Waals surface area contributed by atoms with Gasteiger partial charge in [0.1, 0.15) is 5.78 Å². The average molecular weight is 195 g/mol. The summed E-state index contributed by atoms with van der Waals surface area (Å²) in [5, 5.41) is 3.42. The van der Waals surface area contributed by atoms with E-state index in [1.807, 2.05) is 0 Å². The highest BCUT2D eigenvalue weighted by Crippen LogP contribution is 2.45. The molecule has 80 valence electrons. The van der Waals surface area contributed by atoms with Crippen LogP contribution < -0.4 is 5.32 Å². The van der Waals surface area contributed by atoms with Crippen LogP contribution in [0.4, 0.5) is 0 Å². The molecular formula is C12H21NO. The molecule has 0 bridgehead atoms. The minimum atomic E-state index is 0.385. The molecule has 0 atom stereocenters. The average Bonchev–Trinajstić information content (AvgIpc) is 2.19. The molecule has 0 unspecified atom stereocenters. The third kappa shape index (κ3) is 2.00. The van der Waals surface area contributed by atoms with Crippen molar-refractivity contribution < 1.29 is 4.79 Å². The van der Waals surface area contributed by atoms with Gasteiger partial charge in [0.25, 0.3) is 0 Å². The lowest BCUT2D eigenvalue weighted by molar-refractivity contribution is -0.122. The van der Waals surface area contributed by atoms with Crippen LogP contribution in [0.1, 0.15) is 45.4 Å². The Bertz CT molecular complexity index is 208. The molecule has 1 aliphatic carbocycles. The molecule has 1 aliphatic heterocycles. The van der Waals surface area contributed by atoms with E-state index in [1.165, 1.54) is 38.8 Å². The van der Waals surface area contributed by atoms with Gasteiger partial charge in [0.05, 0.1) is 0 Å². The molecule has 0 aromatic rings. The quantitative estimate of drug-likeness (QED) is 0.694. The predicted octanol–water partition coefficient (Wildman–Crippen LogP) is 2.14. The van der Waals surface area contributed by atoms with Crippen molar-refractivity contribution in [2.24, 2.45) is 11.3 Å². The molecule has 1 spiro atoms. The number of hydrogen-bond donors (Lipinski definition) is 1. The van der Waals surface area contributed by atoms with Crippen molar-refractivity contribution in [2.75, 3.05) is 13.1 Å². The number of hydrogen-bond acceptors (Lipinski definition) is 2. The van der Waals surface area contributed by atoms with Crippen LogP contribution in [0.2, 0.25) is 0 Å². The number of ketones is 1. The Morgan fingerprint density at radius 2 is 1.71 bits per heavy atom. The molecule has 2 rings (SSSR count). The first kappa shape index (κ1) is 10.2. The third-order valence-electron chi connectivity index (χ3n) is 4.29. The summed E-state index contributed by atoms with van der Waals surface area (Å²) >= 11 is 0. The van der Waals surface area contributed by atoms with Gasteiger partial charge in [0.2, 0.25) is 0 Å². The van der Waals surface area contributed by atoms with Crippen LogP contribution in [0.3, 0.4) is 0 Å². The highest BCUT2D eigenvalue weighted by atomic mass is 16.1. The first-order valence-corrected chi connectivity index (χ1v) is 5.93. The number of rotatable bonds is 1. The minimum absolute atomic E-state index is 0.385. The molecule has 2 heteroatoms. The van der Waals surface area contributed by atoms with Gasteiger partial charge in [-0.2, -0.15) is 0 Å². The van der Waals surface area contributed by atoms with Crippen LogP contribution in [0.25, 0.3) is 0 Å². The van der Waals surface area contributed by atoms with Crippen molar-refractivity contribution in [1.82, 2.24) is 5.32 Å². The monoisotopic (exact) mass is 195 g/mol. The fourth-order valence-corrected chi connectivity index (χ4v) is 3.09. The maximum absolute atomic E-state index is 11.3. The second-order valence-corrected chi connectivity index (χ2v) is 5.13. The lowest BCUT2D eigenvalue weighted by Crippen LogP contribution is -2.39. The summed E-state index contributed by atoms with van der Waals surface area (Å²) in [6.07, 6.45) is 7.54. The van der Waals surface area contributed by atoms with Crippen molar-refractivity contribution in [3.05, 3.63) is 0 Å². The van der Waals surface area contributed by atoms with Gasteiger partial charge < -0.3 is 5.32 Å². The number of carbonyl (C=O) groups excluding carboxylic acids is 1. The molecule has 1 heterocycles. The fourth-order valence-electron chi connectivity index (χ4n) is 3.09. The fraction of sp³-hybridized carbons (Fsp3) is 0.917. The van der Waals surface area contributed by atoms with Crippen molar-refractivity contribution in [3.63, 3.8) is 0 Å². The van der Waals surface area contributed by atoms with Gasteiger partial charge in [-0.3, -0.25) is 4.79 Å². The van der Waals surface area contributed by atoms with E-state index in [1.54, 1.807) is 6.92 Å². The highest BCUT2D eigenvalue weighted by molar-refractivity contribution is 5.78. The summed E-state index contributed by atoms with van der Waals surface area (Å²) in [5.74, 6) is 0.796. The van der Waals surface area contributed by atoms with Crippen molar-refractivity contribution >= 4 is 5.78 Å². The van der Waals surface area contributed by atoms with Crippen LogP contribution in [0.5, 0.6) is 0 Å². The molecule has 2 nitrogen and oxygen atoms in total. The van der Waals surface area contributed by atoms with Crippen molar-refractivity contribution in [1.29, 1.82) is 0 Å². The third-order valence-corrected chi connectivity index (χ3v) is 4.29. The summed E-state index contributed by atoms with van der Waals surface area (Å²) in [7, 11) is 0. The van der Waals surface area contributed by atoms with Gasteiger partial charge in [-0.25, -0.2) is 0 Å². The molecule has 0 aromatic heterocycles. The summed E-state index contributed by atoms with van der Waals surface area (Å²) in [6.45, 7) is 4.13. The van der Waals surface area contributed by atoms with E-state index in [-0.39, 0.29) is 0 Å². The molecule has 2 aliphatic rings. The maximum atomic E-state index is 11.3. The Morgan fingerprint density at radius 1 is 1.14 bits per heavy atom. The summed E-state index contributed by atoms with van der Waals surface area (Å²) < 4.78 is 0. The Balaban J connectivity index is 1.90. The summed E-state index contributed by atoms with van der Waals surface area (Å²) in [5.41, 5.74) is 0.608. The second kappa shape index (κ2) is 4.01. The molecule has 0 radical (unpaired) electrons. The Morgan fingerprint density at radius 3 is 2.21 bits per heavy atom. The van der Waals surface area contributed by atoms with Gasteiger partial charge in [0, 0.05) is 5.92 Å². The van der Waals surface area contributed by atoms with E-state index >= 15 is 0 Å². The Labute approximate surface area is 86.5 Å². The molecule has 1 N–H and O–H groups in total. The molecule has 0 amide bonds. The van der Waals surface area contributed by atoms with E-state index in [9.17, 15) is 4.79 Å². The normalized spacial score (nSPS) is 27.8. The zero-order chi connectivity index (χ0) is 10.0. The number of piperidine rings is 1. The van der Waals surface area contributed by atoms with Crippen LogP contribution in [-0.2, 0) is 4.79 Å². The summed E-state index contributed by atoms with van der Waals surface area (Å²) in [6, 6.07) is 0. The maximum Gasteiger partial charge on any atom is 0.132 e. The minimum Gasteiger partial charge on any atom is -0.317 e. The van der Waals surface area contributed by atoms with Crippen molar-refractivity contribution in [3.8, 4) is 0 Å². The molecule has 2 fully saturated rings. The topological polar surface area (TPSA) is 29.1 Å². The molecule has 1 saturated carbocycles. The van der Waals surface area contributed by atoms with Crippen molar-refractivity contribution in [2.45, 2.75) is 45.4 Å². The Kier molecular flexibility index (Phi) is 2.91. The molecular weight excluding hydrogens is 174 g/mol. The smallest absolute Gasteiger partial charge is 0.132 e. The van der Waals surface area contributed by atoms with E-state index in [4.69, 9.17) is 0 Å². The number of Topliss-reactive ketones (excluding diaryl/α,β-unsaturated/α-hetero) is 1. The first-order chi connectivity index (χ1) is 6.72. The van der Waals surface area contributed by atoms with E-state index in [0.717, 1.165) is 12.8 Å². The second-order valence-electron chi connectivity index (χ2n) is 5.13. The lowest BCUT2D eigenvalue weighted by Gasteiger charge is -2.42. The lowest BCUT2D eigenvalue weighted by atomic mass is 9.65. The zero-order valence-electron chi connectivity index (χ0n) is 9.14. The van der Waals surface area contributed by atoms with Gasteiger partial charge in [-0.15, -0.1) is 0 Å². The SMILES string of the molecule is CC(=O)C1CCC2(CCNCC2)CC1. The predicted molar refractivity (Wildman–Crippen MR) is 57.2 cm³/mol. The zero-order valence-corrected chi connectivity index (χ0v) is 9.14. The number of nitrogens with one attached hydrogen (secondary N) is 1. The Hall–Kier alpha value is -0.370. The standard InChI is InChI=1S/C12H21NO/c1-10(14)11-2-4-12(5-3-11)6-8-13-9-7-12/h11,13H,2-9H2,1H3. The largest absolute Gasteiger partial charge is 0.317 e. The van der Waals surface area contributed by atoms with Crippen LogP contribution >= 0.6 is 0 Å². The van der Waals surface area contributed by atoms with E-state index in [0.29, 0.717) is 17.1 Å². The van der Waals surface area contributed by atoms with Gasteiger partial charge in [-0.1, -0.05) is 0 Å². The summed E-state index contributed by atoms with van der Waals surface area (Å²) in [4.78, 5) is 11.3. The van der Waals surface area contributed by atoms with Gasteiger partial charge in [-0.05, 0) is 64.0 Å². The van der Waals surface area contributed by atoms with Gasteiger partial charge in [0.15, 0.2) is 0 Å². The molecule has 14 heavy (non-hydrogen) atoms. The van der Waals surface area contributed by atoms with Gasteiger partial charge >= 0.3 is 0 Å². The highest BCUT2D eigenvalue weighted by Gasteiger charge is 2.36. The van der Waals surface area contributed by atoms with E-state index < -0.39 is 0 Å². The molecule has 0 aromatic carbocycles. The van der Waals surface area contributed by atoms with Crippen LogP contribution in [-0.4, -0.2) is 18.9 Å².